The molecule has 1 fully saturated rings. The van der Waals surface area contributed by atoms with E-state index >= 15 is 0 Å². The number of aromatic amines is 1. The fourth-order valence-corrected chi connectivity index (χ4v) is 3.88. The Morgan fingerprint density at radius 1 is 1.18 bits per heavy atom. The number of carbonyl (C=O) groups excluding carboxylic acids is 3. The molecule has 0 radical (unpaired) electrons. The second-order valence-corrected chi connectivity index (χ2v) is 7.91. The summed E-state index contributed by atoms with van der Waals surface area (Å²) >= 11 is 0. The summed E-state index contributed by atoms with van der Waals surface area (Å²) in [5, 5.41) is 6.19. The van der Waals surface area contributed by atoms with Crippen molar-refractivity contribution in [2.45, 2.75) is 31.8 Å². The maximum Gasteiger partial charge on any atom is 0.324 e. The van der Waals surface area contributed by atoms with Crippen LogP contribution in [0.2, 0.25) is 0 Å². The highest BCUT2D eigenvalue weighted by atomic mass is 19.1. The Bertz CT molecular complexity index is 1170. The van der Waals surface area contributed by atoms with Crippen LogP contribution in [0, 0.1) is 5.82 Å². The second kappa shape index (κ2) is 9.72. The van der Waals surface area contributed by atoms with Crippen molar-refractivity contribution in [2.75, 3.05) is 13.7 Å². The van der Waals surface area contributed by atoms with Crippen molar-refractivity contribution >= 4 is 28.7 Å². The van der Waals surface area contributed by atoms with E-state index in [1.54, 1.807) is 19.4 Å². The fourth-order valence-electron chi connectivity index (χ4n) is 3.88. The molecule has 0 unspecified atom stereocenters. The Hall–Kier alpha value is -3.88. The zero-order chi connectivity index (χ0) is 23.4. The van der Waals surface area contributed by atoms with Crippen molar-refractivity contribution in [3.05, 3.63) is 65.6 Å². The minimum absolute atomic E-state index is 0.113. The molecule has 1 saturated heterocycles. The standard InChI is InChI=1S/C24H25FN4O4/c1-33-18-5-2-15(3-6-18)13-27-22(30)9-8-21-23(31)29(24(32)28-21)11-10-16-14-26-20-7-4-17(25)12-19(16)20/h2-7,12,14,21,26H,8-11,13H2,1H3,(H,27,30)(H,28,32)/t21-/m0/s1. The minimum atomic E-state index is -0.732. The summed E-state index contributed by atoms with van der Waals surface area (Å²) < 4.78 is 18.7. The lowest BCUT2D eigenvalue weighted by atomic mass is 10.1. The third-order valence-electron chi connectivity index (χ3n) is 5.75. The van der Waals surface area contributed by atoms with Crippen LogP contribution in [-0.4, -0.2) is 47.4 Å². The van der Waals surface area contributed by atoms with Crippen molar-refractivity contribution in [3.8, 4) is 5.75 Å². The smallest absolute Gasteiger partial charge is 0.324 e. The van der Waals surface area contributed by atoms with Gasteiger partial charge in [-0.3, -0.25) is 14.5 Å². The summed E-state index contributed by atoms with van der Waals surface area (Å²) in [6.45, 7) is 0.541. The summed E-state index contributed by atoms with van der Waals surface area (Å²) in [6.07, 6.45) is 2.49. The van der Waals surface area contributed by atoms with Crippen LogP contribution in [0.25, 0.3) is 10.9 Å². The predicted octanol–water partition coefficient (Wildman–Crippen LogP) is 2.88. The van der Waals surface area contributed by atoms with E-state index in [0.29, 0.717) is 13.0 Å². The molecule has 9 heteroatoms. The Kier molecular flexibility index (Phi) is 6.58. The number of rotatable bonds is 9. The number of ether oxygens (including phenoxy) is 1. The van der Waals surface area contributed by atoms with Crippen LogP contribution in [0.15, 0.2) is 48.7 Å². The van der Waals surface area contributed by atoms with Crippen molar-refractivity contribution in [1.82, 2.24) is 20.5 Å². The van der Waals surface area contributed by atoms with E-state index in [-0.39, 0.29) is 37.0 Å². The van der Waals surface area contributed by atoms with Gasteiger partial charge in [-0.2, -0.15) is 0 Å². The molecular weight excluding hydrogens is 427 g/mol. The van der Waals surface area contributed by atoms with Crippen molar-refractivity contribution < 1.29 is 23.5 Å². The first-order valence-corrected chi connectivity index (χ1v) is 10.7. The van der Waals surface area contributed by atoms with Crippen LogP contribution in [0.4, 0.5) is 9.18 Å². The lowest BCUT2D eigenvalue weighted by Gasteiger charge is -2.13. The molecule has 0 saturated carbocycles. The zero-order valence-corrected chi connectivity index (χ0v) is 18.2. The number of benzene rings is 2. The molecule has 3 aromatic rings. The van der Waals surface area contributed by atoms with Crippen molar-refractivity contribution in [2.24, 2.45) is 0 Å². The first kappa shape index (κ1) is 22.3. The number of fused-ring (bicyclic) bond motifs is 1. The van der Waals surface area contributed by atoms with Gasteiger partial charge in [0, 0.05) is 36.6 Å². The largest absolute Gasteiger partial charge is 0.497 e. The number of aromatic nitrogens is 1. The summed E-state index contributed by atoms with van der Waals surface area (Å²) in [6, 6.07) is 10.6. The Morgan fingerprint density at radius 3 is 2.73 bits per heavy atom. The summed E-state index contributed by atoms with van der Waals surface area (Å²) in [5.74, 6) is -0.160. The van der Waals surface area contributed by atoms with Crippen LogP contribution in [0.3, 0.4) is 0 Å². The van der Waals surface area contributed by atoms with Gasteiger partial charge in [0.25, 0.3) is 5.91 Å². The number of H-pyrrole nitrogens is 1. The van der Waals surface area contributed by atoms with Gasteiger partial charge >= 0.3 is 6.03 Å². The molecule has 1 aliphatic heterocycles. The quantitative estimate of drug-likeness (QED) is 0.435. The minimum Gasteiger partial charge on any atom is -0.497 e. The van der Waals surface area contributed by atoms with Gasteiger partial charge in [-0.25, -0.2) is 9.18 Å². The van der Waals surface area contributed by atoms with Gasteiger partial charge in [0.1, 0.15) is 17.6 Å². The van der Waals surface area contributed by atoms with Gasteiger partial charge in [-0.05, 0) is 54.3 Å². The maximum atomic E-state index is 13.6. The molecule has 2 heterocycles. The number of carbonyl (C=O) groups is 3. The molecule has 8 nitrogen and oxygen atoms in total. The van der Waals surface area contributed by atoms with E-state index < -0.39 is 12.1 Å². The summed E-state index contributed by atoms with van der Waals surface area (Å²) in [7, 11) is 1.59. The molecular formula is C24H25FN4O4. The molecule has 0 bridgehead atoms. The lowest BCUT2D eigenvalue weighted by Crippen LogP contribution is -2.33. The predicted molar refractivity (Wildman–Crippen MR) is 120 cm³/mol. The number of hydrogen-bond donors (Lipinski definition) is 3. The zero-order valence-electron chi connectivity index (χ0n) is 18.2. The highest BCUT2D eigenvalue weighted by Crippen LogP contribution is 2.21. The van der Waals surface area contributed by atoms with E-state index in [0.717, 1.165) is 32.7 Å². The molecule has 33 heavy (non-hydrogen) atoms. The topological polar surface area (TPSA) is 104 Å². The van der Waals surface area contributed by atoms with Gasteiger partial charge in [-0.15, -0.1) is 0 Å². The maximum absolute atomic E-state index is 13.6. The van der Waals surface area contributed by atoms with Gasteiger partial charge in [0.15, 0.2) is 0 Å². The third kappa shape index (κ3) is 5.14. The number of nitrogens with zero attached hydrogens (tertiary/aromatic N) is 1. The monoisotopic (exact) mass is 452 g/mol. The van der Waals surface area contributed by atoms with E-state index in [4.69, 9.17) is 4.74 Å². The van der Waals surface area contributed by atoms with E-state index in [1.165, 1.54) is 12.1 Å². The van der Waals surface area contributed by atoms with Crippen molar-refractivity contribution in [1.29, 1.82) is 0 Å². The van der Waals surface area contributed by atoms with Crippen molar-refractivity contribution in [3.63, 3.8) is 0 Å². The number of methoxy groups -OCH3 is 1. The van der Waals surface area contributed by atoms with Crippen LogP contribution in [-0.2, 0) is 22.6 Å². The molecule has 4 rings (SSSR count). The highest BCUT2D eigenvalue weighted by Gasteiger charge is 2.37. The van der Waals surface area contributed by atoms with Crippen LogP contribution >= 0.6 is 0 Å². The van der Waals surface area contributed by atoms with E-state index in [2.05, 4.69) is 15.6 Å². The van der Waals surface area contributed by atoms with Crippen LogP contribution < -0.4 is 15.4 Å². The Balaban J connectivity index is 1.26. The number of amides is 4. The molecule has 3 N–H and O–H groups in total. The molecule has 1 atom stereocenters. The first-order valence-electron chi connectivity index (χ1n) is 10.7. The Morgan fingerprint density at radius 2 is 1.97 bits per heavy atom. The summed E-state index contributed by atoms with van der Waals surface area (Å²) in [4.78, 5) is 41.4. The average Bonchev–Trinajstić information content (AvgIpc) is 3.34. The second-order valence-electron chi connectivity index (χ2n) is 7.91. The SMILES string of the molecule is COc1ccc(CNC(=O)CC[C@@H]2NC(=O)N(CCc3c[nH]c4ccc(F)cc34)C2=O)cc1. The average molecular weight is 452 g/mol. The molecule has 0 aliphatic carbocycles. The van der Waals surface area contributed by atoms with E-state index in [1.807, 2.05) is 24.3 Å². The summed E-state index contributed by atoms with van der Waals surface area (Å²) in [5.41, 5.74) is 2.55. The fraction of sp³-hybridized carbons (Fsp3) is 0.292. The molecule has 4 amide bonds. The van der Waals surface area contributed by atoms with Gasteiger partial charge < -0.3 is 20.4 Å². The van der Waals surface area contributed by atoms with E-state index in [9.17, 15) is 18.8 Å². The lowest BCUT2D eigenvalue weighted by molar-refractivity contribution is -0.127. The van der Waals surface area contributed by atoms with Gasteiger partial charge in [0.2, 0.25) is 5.91 Å². The normalized spacial score (nSPS) is 15.7. The number of imide groups is 1. The van der Waals surface area contributed by atoms with Crippen LogP contribution in [0.5, 0.6) is 5.75 Å². The number of halogens is 1. The Labute approximate surface area is 190 Å². The third-order valence-corrected chi connectivity index (χ3v) is 5.75. The van der Waals surface area contributed by atoms with Gasteiger partial charge in [-0.1, -0.05) is 12.1 Å². The molecule has 1 aliphatic rings. The molecule has 172 valence electrons. The number of nitrogens with one attached hydrogen (secondary N) is 3. The molecule has 2 aromatic carbocycles. The van der Waals surface area contributed by atoms with Gasteiger partial charge in [0.05, 0.1) is 7.11 Å². The molecule has 1 aromatic heterocycles. The van der Waals surface area contributed by atoms with Crippen LogP contribution in [0.1, 0.15) is 24.0 Å². The first-order chi connectivity index (χ1) is 15.9. The number of hydrogen-bond acceptors (Lipinski definition) is 4. The number of urea groups is 1. The molecule has 0 spiro atoms. The highest BCUT2D eigenvalue weighted by molar-refractivity contribution is 6.04.